The number of nitrogens with one attached hydrogen (secondary N) is 1. The SMILES string of the molecule is COC(=O)[C@]12CCOC[C@H]1CNC2. The van der Waals surface area contributed by atoms with Crippen LogP contribution in [0.1, 0.15) is 6.42 Å². The number of fused-ring (bicyclic) bond motifs is 1. The second-order valence-corrected chi connectivity index (χ2v) is 3.80. The highest BCUT2D eigenvalue weighted by Crippen LogP contribution is 2.39. The van der Waals surface area contributed by atoms with Gasteiger partial charge in [-0.15, -0.1) is 0 Å². The fourth-order valence-electron chi connectivity index (χ4n) is 2.34. The molecule has 2 fully saturated rings. The van der Waals surface area contributed by atoms with Gasteiger partial charge >= 0.3 is 5.97 Å². The zero-order valence-electron chi connectivity index (χ0n) is 7.84. The van der Waals surface area contributed by atoms with E-state index in [1.807, 2.05) is 0 Å². The van der Waals surface area contributed by atoms with E-state index in [1.54, 1.807) is 0 Å². The van der Waals surface area contributed by atoms with Crippen molar-refractivity contribution in [3.8, 4) is 0 Å². The summed E-state index contributed by atoms with van der Waals surface area (Å²) in [5.41, 5.74) is -0.299. The van der Waals surface area contributed by atoms with E-state index >= 15 is 0 Å². The van der Waals surface area contributed by atoms with Crippen molar-refractivity contribution in [2.45, 2.75) is 6.42 Å². The first-order valence-corrected chi connectivity index (χ1v) is 4.66. The summed E-state index contributed by atoms with van der Waals surface area (Å²) in [4.78, 5) is 11.7. The molecule has 2 aliphatic rings. The zero-order chi connectivity index (χ0) is 9.31. The molecule has 2 rings (SSSR count). The molecule has 0 spiro atoms. The second kappa shape index (κ2) is 3.27. The van der Waals surface area contributed by atoms with E-state index in [2.05, 4.69) is 5.32 Å². The molecule has 0 saturated carbocycles. The van der Waals surface area contributed by atoms with Crippen LogP contribution in [0.2, 0.25) is 0 Å². The van der Waals surface area contributed by atoms with Crippen LogP contribution in [-0.4, -0.2) is 39.4 Å². The van der Waals surface area contributed by atoms with E-state index in [9.17, 15) is 4.79 Å². The standard InChI is InChI=1S/C9H15NO3/c1-12-8(11)9-2-3-13-5-7(9)4-10-6-9/h7,10H,2-6H2,1H3/t7-,9+/m1/s1. The number of carbonyl (C=O) groups is 1. The maximum absolute atomic E-state index is 11.7. The summed E-state index contributed by atoms with van der Waals surface area (Å²) in [5.74, 6) is 0.222. The zero-order valence-corrected chi connectivity index (χ0v) is 7.84. The Labute approximate surface area is 77.6 Å². The Bertz CT molecular complexity index is 219. The van der Waals surface area contributed by atoms with Gasteiger partial charge in [0.05, 0.1) is 19.1 Å². The molecule has 0 amide bonds. The summed E-state index contributed by atoms with van der Waals surface area (Å²) in [6.45, 7) is 2.97. The van der Waals surface area contributed by atoms with Gasteiger partial charge in [0.15, 0.2) is 0 Å². The summed E-state index contributed by atoms with van der Waals surface area (Å²) >= 11 is 0. The number of hydrogen-bond donors (Lipinski definition) is 1. The van der Waals surface area contributed by atoms with Crippen molar-refractivity contribution < 1.29 is 14.3 Å². The van der Waals surface area contributed by atoms with Crippen molar-refractivity contribution in [1.82, 2.24) is 5.32 Å². The van der Waals surface area contributed by atoms with Crippen molar-refractivity contribution in [2.75, 3.05) is 33.4 Å². The Morgan fingerprint density at radius 1 is 1.69 bits per heavy atom. The number of rotatable bonds is 1. The first-order chi connectivity index (χ1) is 6.29. The highest BCUT2D eigenvalue weighted by Gasteiger charge is 2.51. The minimum absolute atomic E-state index is 0.0780. The third-order valence-electron chi connectivity index (χ3n) is 3.22. The summed E-state index contributed by atoms with van der Waals surface area (Å²) < 4.78 is 10.2. The molecule has 0 aromatic carbocycles. The van der Waals surface area contributed by atoms with Gasteiger partial charge in [-0.2, -0.15) is 0 Å². The fraction of sp³-hybridized carbons (Fsp3) is 0.889. The highest BCUT2D eigenvalue weighted by atomic mass is 16.5. The molecule has 2 heterocycles. The lowest BCUT2D eigenvalue weighted by Gasteiger charge is -2.35. The van der Waals surface area contributed by atoms with Gasteiger partial charge in [-0.25, -0.2) is 0 Å². The van der Waals surface area contributed by atoms with Crippen molar-refractivity contribution in [3.05, 3.63) is 0 Å². The molecule has 13 heavy (non-hydrogen) atoms. The summed E-state index contributed by atoms with van der Waals surface area (Å²) in [6.07, 6.45) is 0.789. The van der Waals surface area contributed by atoms with E-state index in [0.29, 0.717) is 19.1 Å². The smallest absolute Gasteiger partial charge is 0.313 e. The van der Waals surface area contributed by atoms with E-state index in [1.165, 1.54) is 7.11 Å². The van der Waals surface area contributed by atoms with Gasteiger partial charge in [-0.05, 0) is 6.42 Å². The van der Waals surface area contributed by atoms with Gasteiger partial charge in [0.1, 0.15) is 0 Å². The average Bonchev–Trinajstić information content (AvgIpc) is 2.61. The Morgan fingerprint density at radius 2 is 2.54 bits per heavy atom. The van der Waals surface area contributed by atoms with Crippen molar-refractivity contribution in [2.24, 2.45) is 11.3 Å². The lowest BCUT2D eigenvalue weighted by atomic mass is 9.74. The van der Waals surface area contributed by atoms with Gasteiger partial charge in [0.2, 0.25) is 0 Å². The summed E-state index contributed by atoms with van der Waals surface area (Å²) in [5, 5.41) is 3.24. The first-order valence-electron chi connectivity index (χ1n) is 4.66. The maximum atomic E-state index is 11.7. The first kappa shape index (κ1) is 8.97. The number of carbonyl (C=O) groups excluding carboxylic acids is 1. The van der Waals surface area contributed by atoms with E-state index in [-0.39, 0.29) is 11.4 Å². The molecule has 4 nitrogen and oxygen atoms in total. The molecule has 0 unspecified atom stereocenters. The molecule has 0 aromatic heterocycles. The molecule has 0 aromatic rings. The quantitative estimate of drug-likeness (QED) is 0.574. The number of hydrogen-bond acceptors (Lipinski definition) is 4. The third kappa shape index (κ3) is 1.25. The fourth-order valence-corrected chi connectivity index (χ4v) is 2.34. The molecule has 0 bridgehead atoms. The normalized spacial score (nSPS) is 38.4. The van der Waals surface area contributed by atoms with Crippen molar-refractivity contribution in [3.63, 3.8) is 0 Å². The molecule has 2 aliphatic heterocycles. The molecule has 4 heteroatoms. The van der Waals surface area contributed by atoms with Crippen LogP contribution in [0.5, 0.6) is 0 Å². The molecule has 74 valence electrons. The molecule has 0 aliphatic carbocycles. The highest BCUT2D eigenvalue weighted by molar-refractivity contribution is 5.78. The molecule has 1 N–H and O–H groups in total. The number of esters is 1. The van der Waals surface area contributed by atoms with Crippen LogP contribution < -0.4 is 5.32 Å². The van der Waals surface area contributed by atoms with Crippen LogP contribution in [0, 0.1) is 11.3 Å². The van der Waals surface area contributed by atoms with Crippen LogP contribution in [0.4, 0.5) is 0 Å². The van der Waals surface area contributed by atoms with Gasteiger partial charge in [-0.1, -0.05) is 0 Å². The van der Waals surface area contributed by atoms with E-state index in [4.69, 9.17) is 9.47 Å². The molecule has 2 atom stereocenters. The van der Waals surface area contributed by atoms with Crippen molar-refractivity contribution >= 4 is 5.97 Å². The molecular weight excluding hydrogens is 170 g/mol. The van der Waals surface area contributed by atoms with E-state index < -0.39 is 0 Å². The minimum atomic E-state index is -0.299. The molecule has 0 radical (unpaired) electrons. The van der Waals surface area contributed by atoms with Crippen LogP contribution >= 0.6 is 0 Å². The largest absolute Gasteiger partial charge is 0.469 e. The van der Waals surface area contributed by atoms with Crippen LogP contribution in [-0.2, 0) is 14.3 Å². The minimum Gasteiger partial charge on any atom is -0.469 e. The van der Waals surface area contributed by atoms with Crippen molar-refractivity contribution in [1.29, 1.82) is 0 Å². The average molecular weight is 185 g/mol. The van der Waals surface area contributed by atoms with Gasteiger partial charge < -0.3 is 14.8 Å². The predicted octanol–water partition coefficient (Wildman–Crippen LogP) is -0.215. The van der Waals surface area contributed by atoms with E-state index in [0.717, 1.165) is 19.5 Å². The van der Waals surface area contributed by atoms with Crippen LogP contribution in [0.3, 0.4) is 0 Å². The maximum Gasteiger partial charge on any atom is 0.313 e. The summed E-state index contributed by atoms with van der Waals surface area (Å²) in [7, 11) is 1.46. The lowest BCUT2D eigenvalue weighted by molar-refractivity contribution is -0.161. The van der Waals surface area contributed by atoms with Gasteiger partial charge in [0, 0.05) is 25.6 Å². The monoisotopic (exact) mass is 185 g/mol. The number of methoxy groups -OCH3 is 1. The van der Waals surface area contributed by atoms with Gasteiger partial charge in [-0.3, -0.25) is 4.79 Å². The number of ether oxygens (including phenoxy) is 2. The lowest BCUT2D eigenvalue weighted by Crippen LogP contribution is -2.45. The Morgan fingerprint density at radius 3 is 3.31 bits per heavy atom. The topological polar surface area (TPSA) is 47.6 Å². The van der Waals surface area contributed by atoms with Crippen LogP contribution in [0.15, 0.2) is 0 Å². The molecule has 2 saturated heterocycles. The Balaban J connectivity index is 2.20. The van der Waals surface area contributed by atoms with Gasteiger partial charge in [0.25, 0.3) is 0 Å². The summed E-state index contributed by atoms with van der Waals surface area (Å²) in [6, 6.07) is 0. The molecular formula is C9H15NO3. The van der Waals surface area contributed by atoms with Crippen LogP contribution in [0.25, 0.3) is 0 Å². The Kier molecular flexibility index (Phi) is 2.26. The second-order valence-electron chi connectivity index (χ2n) is 3.80. The third-order valence-corrected chi connectivity index (χ3v) is 3.22. The Hall–Kier alpha value is -0.610. The predicted molar refractivity (Wildman–Crippen MR) is 46.2 cm³/mol.